The maximum absolute atomic E-state index is 11.1. The first-order valence-electron chi connectivity index (χ1n) is 6.38. The summed E-state index contributed by atoms with van der Waals surface area (Å²) in [7, 11) is 0. The van der Waals surface area contributed by atoms with Gasteiger partial charge in [0.05, 0.1) is 11.8 Å². The number of aliphatic hydroxyl groups excluding tert-OH is 1. The van der Waals surface area contributed by atoms with E-state index >= 15 is 0 Å². The molecule has 4 nitrogen and oxygen atoms in total. The Morgan fingerprint density at radius 2 is 2.06 bits per heavy atom. The third-order valence-electron chi connectivity index (χ3n) is 3.14. The van der Waals surface area contributed by atoms with E-state index < -0.39 is 6.10 Å². The Morgan fingerprint density at radius 1 is 1.33 bits per heavy atom. The van der Waals surface area contributed by atoms with Crippen molar-refractivity contribution in [2.75, 3.05) is 5.32 Å². The van der Waals surface area contributed by atoms with Crippen LogP contribution in [0.2, 0.25) is 0 Å². The molecule has 0 radical (unpaired) electrons. The molecule has 1 saturated carbocycles. The van der Waals surface area contributed by atoms with Crippen molar-refractivity contribution >= 4 is 11.6 Å². The number of amides is 1. The molecule has 1 aromatic rings. The third kappa shape index (κ3) is 3.23. The summed E-state index contributed by atoms with van der Waals surface area (Å²) >= 11 is 0. The average molecular weight is 249 g/mol. The number of benzene rings is 1. The van der Waals surface area contributed by atoms with Gasteiger partial charge in [0, 0.05) is 6.92 Å². The summed E-state index contributed by atoms with van der Waals surface area (Å²) in [4.78, 5) is 11.1. The van der Waals surface area contributed by atoms with Crippen LogP contribution in [0, 0.1) is 0 Å². The van der Waals surface area contributed by atoms with Gasteiger partial charge < -0.3 is 15.2 Å². The molecule has 2 rings (SSSR count). The minimum Gasteiger partial charge on any atom is -0.486 e. The number of para-hydroxylation sites is 2. The average Bonchev–Trinajstić information content (AvgIpc) is 2.34. The lowest BCUT2D eigenvalue weighted by atomic mass is 9.95. The molecule has 2 N–H and O–H groups in total. The molecule has 2 unspecified atom stereocenters. The Morgan fingerprint density at radius 3 is 2.78 bits per heavy atom. The fraction of sp³-hybridized carbons (Fsp3) is 0.500. The van der Waals surface area contributed by atoms with Crippen molar-refractivity contribution in [1.29, 1.82) is 0 Å². The molecule has 1 aliphatic carbocycles. The highest BCUT2D eigenvalue weighted by Gasteiger charge is 2.25. The Hall–Kier alpha value is -1.55. The van der Waals surface area contributed by atoms with Gasteiger partial charge in [-0.3, -0.25) is 4.79 Å². The van der Waals surface area contributed by atoms with Crippen LogP contribution in [0.5, 0.6) is 5.75 Å². The van der Waals surface area contributed by atoms with Crippen molar-refractivity contribution in [1.82, 2.24) is 0 Å². The van der Waals surface area contributed by atoms with Crippen LogP contribution in [0.1, 0.15) is 32.6 Å². The zero-order valence-electron chi connectivity index (χ0n) is 10.6. The van der Waals surface area contributed by atoms with Gasteiger partial charge in [0.1, 0.15) is 11.9 Å². The zero-order valence-corrected chi connectivity index (χ0v) is 10.6. The predicted octanol–water partition coefficient (Wildman–Crippen LogP) is 2.33. The van der Waals surface area contributed by atoms with Gasteiger partial charge in [0.2, 0.25) is 5.91 Å². The van der Waals surface area contributed by atoms with Crippen molar-refractivity contribution in [3.8, 4) is 5.75 Å². The van der Waals surface area contributed by atoms with Crippen molar-refractivity contribution in [2.45, 2.75) is 44.8 Å². The molecule has 18 heavy (non-hydrogen) atoms. The van der Waals surface area contributed by atoms with Crippen molar-refractivity contribution in [2.24, 2.45) is 0 Å². The van der Waals surface area contributed by atoms with Gasteiger partial charge in [-0.15, -0.1) is 0 Å². The molecule has 4 heteroatoms. The lowest BCUT2D eigenvalue weighted by Gasteiger charge is -2.28. The largest absolute Gasteiger partial charge is 0.486 e. The second kappa shape index (κ2) is 5.87. The van der Waals surface area contributed by atoms with E-state index in [1.165, 1.54) is 6.92 Å². The lowest BCUT2D eigenvalue weighted by Crippen LogP contribution is -2.34. The van der Waals surface area contributed by atoms with E-state index in [4.69, 9.17) is 4.74 Å². The van der Waals surface area contributed by atoms with Gasteiger partial charge in [-0.2, -0.15) is 0 Å². The Kier molecular flexibility index (Phi) is 4.20. The molecule has 1 amide bonds. The normalized spacial score (nSPS) is 23.4. The van der Waals surface area contributed by atoms with Crippen LogP contribution in [-0.2, 0) is 4.79 Å². The molecule has 1 aromatic carbocycles. The van der Waals surface area contributed by atoms with E-state index in [0.717, 1.165) is 25.7 Å². The highest BCUT2D eigenvalue weighted by Crippen LogP contribution is 2.29. The van der Waals surface area contributed by atoms with E-state index in [1.807, 2.05) is 18.2 Å². The molecule has 98 valence electrons. The molecule has 0 spiro atoms. The van der Waals surface area contributed by atoms with Crippen LogP contribution in [0.4, 0.5) is 5.69 Å². The van der Waals surface area contributed by atoms with E-state index in [9.17, 15) is 9.90 Å². The smallest absolute Gasteiger partial charge is 0.221 e. The summed E-state index contributed by atoms with van der Waals surface area (Å²) in [6.45, 7) is 1.46. The minimum absolute atomic E-state index is 0.129. The molecular formula is C14H19NO3. The number of anilines is 1. The second-order valence-corrected chi connectivity index (χ2v) is 4.69. The summed E-state index contributed by atoms with van der Waals surface area (Å²) in [5, 5.41) is 12.6. The Bertz CT molecular complexity index is 419. The maximum atomic E-state index is 11.1. The van der Waals surface area contributed by atoms with Gasteiger partial charge in [0.15, 0.2) is 0 Å². The number of aliphatic hydroxyl groups is 1. The fourth-order valence-electron chi connectivity index (χ4n) is 2.24. The van der Waals surface area contributed by atoms with Crippen LogP contribution in [0.15, 0.2) is 24.3 Å². The van der Waals surface area contributed by atoms with Crippen LogP contribution in [0.25, 0.3) is 0 Å². The summed E-state index contributed by atoms with van der Waals surface area (Å²) in [5.74, 6) is 0.494. The first kappa shape index (κ1) is 12.9. The standard InChI is InChI=1S/C14H19NO3/c1-10(16)15-11-6-2-4-8-13(11)18-14-9-5-3-7-12(14)17/h2,4,6,8,12,14,17H,3,5,7,9H2,1H3,(H,15,16). The molecule has 2 atom stereocenters. The number of rotatable bonds is 3. The van der Waals surface area contributed by atoms with Gasteiger partial charge in [-0.1, -0.05) is 18.6 Å². The molecule has 0 bridgehead atoms. The quantitative estimate of drug-likeness (QED) is 0.864. The summed E-state index contributed by atoms with van der Waals surface area (Å²) < 4.78 is 5.83. The van der Waals surface area contributed by atoms with E-state index in [-0.39, 0.29) is 12.0 Å². The molecular weight excluding hydrogens is 230 g/mol. The third-order valence-corrected chi connectivity index (χ3v) is 3.14. The van der Waals surface area contributed by atoms with E-state index in [2.05, 4.69) is 5.32 Å². The first-order valence-corrected chi connectivity index (χ1v) is 6.38. The number of hydrogen-bond acceptors (Lipinski definition) is 3. The second-order valence-electron chi connectivity index (χ2n) is 4.69. The molecule has 0 aromatic heterocycles. The van der Waals surface area contributed by atoms with Gasteiger partial charge in [-0.25, -0.2) is 0 Å². The number of hydrogen-bond donors (Lipinski definition) is 2. The molecule has 0 aliphatic heterocycles. The summed E-state index contributed by atoms with van der Waals surface area (Å²) in [6, 6.07) is 7.31. The predicted molar refractivity (Wildman–Crippen MR) is 69.6 cm³/mol. The van der Waals surface area contributed by atoms with Crippen LogP contribution in [-0.4, -0.2) is 23.2 Å². The summed E-state index contributed by atoms with van der Waals surface area (Å²) in [5.41, 5.74) is 0.655. The van der Waals surface area contributed by atoms with Crippen LogP contribution in [0.3, 0.4) is 0 Å². The van der Waals surface area contributed by atoms with Crippen molar-refractivity contribution in [3.63, 3.8) is 0 Å². The maximum Gasteiger partial charge on any atom is 0.221 e. The fourth-order valence-corrected chi connectivity index (χ4v) is 2.24. The summed E-state index contributed by atoms with van der Waals surface area (Å²) in [6.07, 6.45) is 3.18. The monoisotopic (exact) mass is 249 g/mol. The highest BCUT2D eigenvalue weighted by molar-refractivity contribution is 5.90. The van der Waals surface area contributed by atoms with E-state index in [0.29, 0.717) is 11.4 Å². The van der Waals surface area contributed by atoms with Gasteiger partial charge >= 0.3 is 0 Å². The number of nitrogens with one attached hydrogen (secondary N) is 1. The molecule has 0 heterocycles. The molecule has 1 fully saturated rings. The van der Waals surface area contributed by atoms with Crippen molar-refractivity contribution < 1.29 is 14.6 Å². The molecule has 0 saturated heterocycles. The Balaban J connectivity index is 2.10. The van der Waals surface area contributed by atoms with Gasteiger partial charge in [-0.05, 0) is 31.4 Å². The highest BCUT2D eigenvalue weighted by atomic mass is 16.5. The SMILES string of the molecule is CC(=O)Nc1ccccc1OC1CCCCC1O. The van der Waals surface area contributed by atoms with Gasteiger partial charge in [0.25, 0.3) is 0 Å². The van der Waals surface area contributed by atoms with Crippen LogP contribution < -0.4 is 10.1 Å². The number of ether oxygens (including phenoxy) is 1. The minimum atomic E-state index is -0.413. The topological polar surface area (TPSA) is 58.6 Å². The van der Waals surface area contributed by atoms with Crippen LogP contribution >= 0.6 is 0 Å². The zero-order chi connectivity index (χ0) is 13.0. The number of carbonyl (C=O) groups is 1. The molecule has 1 aliphatic rings. The number of carbonyl (C=O) groups excluding carboxylic acids is 1. The lowest BCUT2D eigenvalue weighted by molar-refractivity contribution is -0.114. The Labute approximate surface area is 107 Å². The van der Waals surface area contributed by atoms with Crippen molar-refractivity contribution in [3.05, 3.63) is 24.3 Å². The van der Waals surface area contributed by atoms with E-state index in [1.54, 1.807) is 6.07 Å². The first-order chi connectivity index (χ1) is 8.66.